The molecule has 0 fully saturated rings. The van der Waals surface area contributed by atoms with Crippen molar-refractivity contribution in [3.63, 3.8) is 0 Å². The fourth-order valence-corrected chi connectivity index (χ4v) is 5.57. The van der Waals surface area contributed by atoms with Crippen molar-refractivity contribution in [2.24, 2.45) is 0 Å². The predicted octanol–water partition coefficient (Wildman–Crippen LogP) is 7.93. The SMILES string of the molecule is CC(C)c1oc[n+](C(C)(C)c2n[nH]c(CC(C)c3nc(-c4ccccc4)no3)c2-c2ccccc2)c1-c1ccccc1. The fourth-order valence-electron chi connectivity index (χ4n) is 5.57. The highest BCUT2D eigenvalue weighted by Gasteiger charge is 2.43. The number of hydrogen-bond acceptors (Lipinski definition) is 5. The van der Waals surface area contributed by atoms with Crippen LogP contribution < -0.4 is 4.57 Å². The molecular formula is C35H36N5O2+. The molecule has 0 radical (unpaired) electrons. The molecule has 1 unspecified atom stereocenters. The first-order chi connectivity index (χ1) is 20.3. The second-order valence-corrected chi connectivity index (χ2v) is 11.6. The Balaban J connectivity index is 1.42. The molecule has 7 nitrogen and oxygen atoms in total. The minimum absolute atomic E-state index is 0.0251. The largest absolute Gasteiger partial charge is 0.408 e. The van der Waals surface area contributed by atoms with Crippen molar-refractivity contribution >= 4 is 0 Å². The number of nitrogens with one attached hydrogen (secondary N) is 1. The topological polar surface area (TPSA) is 84.6 Å². The average molecular weight is 559 g/mol. The Kier molecular flexibility index (Phi) is 7.33. The zero-order valence-corrected chi connectivity index (χ0v) is 24.7. The lowest BCUT2D eigenvalue weighted by atomic mass is 9.89. The second kappa shape index (κ2) is 11.2. The van der Waals surface area contributed by atoms with Crippen LogP contribution in [0.2, 0.25) is 0 Å². The molecular weight excluding hydrogens is 522 g/mol. The van der Waals surface area contributed by atoms with Gasteiger partial charge >= 0.3 is 6.39 Å². The van der Waals surface area contributed by atoms with E-state index in [1.54, 1.807) is 0 Å². The van der Waals surface area contributed by atoms with E-state index in [1.165, 1.54) is 0 Å². The van der Waals surface area contributed by atoms with Crippen LogP contribution in [0, 0.1) is 0 Å². The van der Waals surface area contributed by atoms with E-state index in [0.29, 0.717) is 18.1 Å². The van der Waals surface area contributed by atoms with E-state index in [1.807, 2.05) is 48.9 Å². The van der Waals surface area contributed by atoms with Gasteiger partial charge in [-0.3, -0.25) is 5.10 Å². The highest BCUT2D eigenvalue weighted by atomic mass is 16.5. The summed E-state index contributed by atoms with van der Waals surface area (Å²) in [7, 11) is 0. The Morgan fingerprint density at radius 2 is 1.40 bits per heavy atom. The molecule has 0 amide bonds. The van der Waals surface area contributed by atoms with Crippen molar-refractivity contribution in [3.8, 4) is 33.8 Å². The number of rotatable bonds is 9. The first-order valence-electron chi connectivity index (χ1n) is 14.5. The van der Waals surface area contributed by atoms with Crippen molar-refractivity contribution in [2.45, 2.75) is 58.4 Å². The van der Waals surface area contributed by atoms with Crippen LogP contribution in [0.25, 0.3) is 33.8 Å². The molecule has 0 bridgehead atoms. The minimum atomic E-state index is -0.546. The Morgan fingerprint density at radius 3 is 2.02 bits per heavy atom. The second-order valence-electron chi connectivity index (χ2n) is 11.6. The van der Waals surface area contributed by atoms with Gasteiger partial charge in [0.05, 0.1) is 0 Å². The number of nitrogens with zero attached hydrogens (tertiary/aromatic N) is 4. The average Bonchev–Trinajstić information content (AvgIpc) is 3.78. The van der Waals surface area contributed by atoms with E-state index in [0.717, 1.165) is 45.1 Å². The number of aromatic amines is 1. The monoisotopic (exact) mass is 558 g/mol. The maximum absolute atomic E-state index is 6.23. The van der Waals surface area contributed by atoms with E-state index >= 15 is 0 Å². The van der Waals surface area contributed by atoms with Gasteiger partial charge in [-0.2, -0.15) is 14.6 Å². The highest BCUT2D eigenvalue weighted by molar-refractivity contribution is 5.70. The standard InChI is InChI=1S/C35H36N5O2/c1-23(2)31-30(26-17-11-7-12-18-26)40(22-41-31)35(4,5)32-29(25-15-9-6-10-16-25)28(37-38-32)21-24(3)34-36-33(39-42-34)27-19-13-8-14-20-27/h6-20,22-24H,21H2,1-5H3,(H,37,38)/q+1. The molecule has 1 atom stereocenters. The third kappa shape index (κ3) is 5.07. The summed E-state index contributed by atoms with van der Waals surface area (Å²) in [5, 5.41) is 12.6. The summed E-state index contributed by atoms with van der Waals surface area (Å²) in [5.74, 6) is 2.34. The molecule has 0 aliphatic carbocycles. The summed E-state index contributed by atoms with van der Waals surface area (Å²) in [6.45, 7) is 10.8. The summed E-state index contributed by atoms with van der Waals surface area (Å²) < 4.78 is 14.2. The first-order valence-corrected chi connectivity index (χ1v) is 14.5. The van der Waals surface area contributed by atoms with Gasteiger partial charge in [0, 0.05) is 54.5 Å². The molecule has 0 aliphatic rings. The van der Waals surface area contributed by atoms with Crippen LogP contribution in [0.5, 0.6) is 0 Å². The smallest absolute Gasteiger partial charge is 0.336 e. The third-order valence-corrected chi connectivity index (χ3v) is 7.82. The third-order valence-electron chi connectivity index (χ3n) is 7.82. The van der Waals surface area contributed by atoms with Crippen molar-refractivity contribution in [1.82, 2.24) is 20.3 Å². The number of oxazole rings is 1. The van der Waals surface area contributed by atoms with Gasteiger partial charge in [0.25, 0.3) is 5.69 Å². The Morgan fingerprint density at radius 1 is 0.810 bits per heavy atom. The van der Waals surface area contributed by atoms with Crippen LogP contribution in [0.4, 0.5) is 0 Å². The zero-order valence-electron chi connectivity index (χ0n) is 24.7. The lowest BCUT2D eigenvalue weighted by Gasteiger charge is -2.20. The van der Waals surface area contributed by atoms with Gasteiger partial charge in [-0.05, 0) is 17.7 Å². The summed E-state index contributed by atoms with van der Waals surface area (Å²) >= 11 is 0. The lowest BCUT2D eigenvalue weighted by molar-refractivity contribution is -0.740. The molecule has 0 spiro atoms. The molecule has 42 heavy (non-hydrogen) atoms. The van der Waals surface area contributed by atoms with Gasteiger partial charge in [0.2, 0.25) is 17.3 Å². The van der Waals surface area contributed by atoms with E-state index in [-0.39, 0.29) is 11.8 Å². The van der Waals surface area contributed by atoms with Crippen molar-refractivity contribution < 1.29 is 13.5 Å². The Bertz CT molecular complexity index is 1770. The van der Waals surface area contributed by atoms with Gasteiger partial charge < -0.3 is 8.94 Å². The summed E-state index contributed by atoms with van der Waals surface area (Å²) in [5.41, 5.74) is 6.69. The molecule has 3 aromatic heterocycles. The summed E-state index contributed by atoms with van der Waals surface area (Å²) in [6, 6.07) is 30.7. The van der Waals surface area contributed by atoms with E-state index in [9.17, 15) is 0 Å². The molecule has 3 aromatic carbocycles. The zero-order chi connectivity index (χ0) is 29.3. The maximum Gasteiger partial charge on any atom is 0.336 e. The molecule has 212 valence electrons. The molecule has 0 saturated heterocycles. The van der Waals surface area contributed by atoms with E-state index in [2.05, 4.69) is 98.0 Å². The molecule has 0 aliphatic heterocycles. The van der Waals surface area contributed by atoms with Gasteiger partial charge in [0.15, 0.2) is 5.76 Å². The summed E-state index contributed by atoms with van der Waals surface area (Å²) in [4.78, 5) is 4.72. The van der Waals surface area contributed by atoms with Crippen molar-refractivity contribution in [1.29, 1.82) is 0 Å². The molecule has 0 saturated carbocycles. The first kappa shape index (κ1) is 27.4. The van der Waals surface area contributed by atoms with Gasteiger partial charge in [0.1, 0.15) is 5.69 Å². The normalized spacial score (nSPS) is 12.6. The number of hydrogen-bond donors (Lipinski definition) is 1. The fraction of sp³-hybridized carbons (Fsp3) is 0.257. The molecule has 6 aromatic rings. The summed E-state index contributed by atoms with van der Waals surface area (Å²) in [6.07, 6.45) is 2.50. The predicted molar refractivity (Wildman–Crippen MR) is 163 cm³/mol. The minimum Gasteiger partial charge on any atom is -0.408 e. The van der Waals surface area contributed by atoms with Crippen LogP contribution in [0.15, 0.2) is 106 Å². The Labute approximate surface area is 246 Å². The molecule has 1 N–H and O–H groups in total. The number of H-pyrrole nitrogens is 1. The van der Waals surface area contributed by atoms with Crippen LogP contribution in [0.3, 0.4) is 0 Å². The van der Waals surface area contributed by atoms with Crippen LogP contribution in [-0.2, 0) is 12.0 Å². The maximum atomic E-state index is 6.23. The number of benzene rings is 3. The Hall–Kier alpha value is -4.78. The van der Waals surface area contributed by atoms with Crippen molar-refractivity contribution in [3.05, 3.63) is 120 Å². The van der Waals surface area contributed by atoms with Gasteiger partial charge in [-0.15, -0.1) is 0 Å². The highest BCUT2D eigenvalue weighted by Crippen LogP contribution is 2.37. The number of aromatic nitrogens is 5. The quantitative estimate of drug-likeness (QED) is 0.182. The van der Waals surface area contributed by atoms with Crippen LogP contribution >= 0.6 is 0 Å². The van der Waals surface area contributed by atoms with Crippen LogP contribution in [0.1, 0.15) is 69.5 Å². The van der Waals surface area contributed by atoms with Gasteiger partial charge in [-0.25, -0.2) is 0 Å². The lowest BCUT2D eigenvalue weighted by Crippen LogP contribution is -2.53. The van der Waals surface area contributed by atoms with Crippen LogP contribution in [-0.4, -0.2) is 20.3 Å². The van der Waals surface area contributed by atoms with E-state index in [4.69, 9.17) is 19.0 Å². The molecule has 6 rings (SSSR count). The van der Waals surface area contributed by atoms with E-state index < -0.39 is 5.54 Å². The van der Waals surface area contributed by atoms with Crippen molar-refractivity contribution in [2.75, 3.05) is 0 Å². The van der Waals surface area contributed by atoms with Gasteiger partial charge in [-0.1, -0.05) is 105 Å². The molecule has 3 heterocycles. The molecule has 7 heteroatoms.